The van der Waals surface area contributed by atoms with Gasteiger partial charge in [0.2, 0.25) is 0 Å². The van der Waals surface area contributed by atoms with Crippen molar-refractivity contribution in [1.29, 1.82) is 0 Å². The molecule has 0 aromatic carbocycles. The molecule has 0 aromatic heterocycles. The molecule has 8 atom stereocenters. The Morgan fingerprint density at radius 1 is 0.542 bits per heavy atom. The number of ether oxygens (including phenoxy) is 4. The number of halogens is 12. The van der Waals surface area contributed by atoms with Crippen molar-refractivity contribution < 1.29 is 71.6 Å². The lowest BCUT2D eigenvalue weighted by Gasteiger charge is -2.55. The van der Waals surface area contributed by atoms with E-state index >= 15 is 52.7 Å². The second-order valence-electron chi connectivity index (χ2n) is 15.2. The van der Waals surface area contributed by atoms with E-state index in [0.29, 0.717) is 0 Å². The van der Waals surface area contributed by atoms with Crippen LogP contribution in [0.3, 0.4) is 0 Å². The lowest BCUT2D eigenvalue weighted by molar-refractivity contribution is -0.458. The average Bonchev–Trinajstić information content (AvgIpc) is 3.89. The highest BCUT2D eigenvalue weighted by atomic mass is 19.4. The fourth-order valence-electron chi connectivity index (χ4n) is 8.05. The maximum atomic E-state index is 16.4. The molecule has 0 radical (unpaired) electrons. The third-order valence-corrected chi connectivity index (χ3v) is 10.9. The van der Waals surface area contributed by atoms with Crippen molar-refractivity contribution in [3.05, 3.63) is 0 Å². The molecular formula is C32H46F12O4. The summed E-state index contributed by atoms with van der Waals surface area (Å²) in [5, 5.41) is 0. The van der Waals surface area contributed by atoms with Crippen molar-refractivity contribution in [2.45, 2.75) is 139 Å². The van der Waals surface area contributed by atoms with Crippen LogP contribution >= 0.6 is 0 Å². The predicted octanol–water partition coefficient (Wildman–Crippen LogP) is 9.29. The van der Waals surface area contributed by atoms with Crippen LogP contribution in [0.1, 0.15) is 80.1 Å². The van der Waals surface area contributed by atoms with Crippen molar-refractivity contribution in [2.75, 3.05) is 26.4 Å². The van der Waals surface area contributed by atoms with Gasteiger partial charge in [-0.25, -0.2) is 0 Å². The zero-order valence-electron chi connectivity index (χ0n) is 27.9. The van der Waals surface area contributed by atoms with Gasteiger partial charge >= 0.3 is 35.5 Å². The van der Waals surface area contributed by atoms with Gasteiger partial charge in [0, 0.05) is 0 Å². The van der Waals surface area contributed by atoms with Crippen LogP contribution in [0, 0.1) is 35.5 Å². The van der Waals surface area contributed by atoms with Crippen molar-refractivity contribution in [1.82, 2.24) is 0 Å². The lowest BCUT2D eigenvalue weighted by atomic mass is 9.61. The molecule has 48 heavy (non-hydrogen) atoms. The first-order valence-electron chi connectivity index (χ1n) is 16.5. The molecule has 2 aliphatic carbocycles. The summed E-state index contributed by atoms with van der Waals surface area (Å²) in [4.78, 5) is 0. The topological polar surface area (TPSA) is 43.5 Å². The fourth-order valence-corrected chi connectivity index (χ4v) is 8.05. The zero-order chi connectivity index (χ0) is 36.5. The highest BCUT2D eigenvalue weighted by Crippen LogP contribution is 2.67. The molecule has 8 unspecified atom stereocenters. The van der Waals surface area contributed by atoms with Crippen molar-refractivity contribution >= 4 is 0 Å². The molecule has 0 bridgehead atoms. The maximum absolute atomic E-state index is 16.4. The molecule has 0 N–H and O–H groups in total. The van der Waals surface area contributed by atoms with E-state index in [-0.39, 0.29) is 38.9 Å². The van der Waals surface area contributed by atoms with Gasteiger partial charge in [0.25, 0.3) is 0 Å². The Morgan fingerprint density at radius 2 is 0.833 bits per heavy atom. The summed E-state index contributed by atoms with van der Waals surface area (Å²) in [6.45, 7) is 6.24. The van der Waals surface area contributed by atoms with E-state index in [2.05, 4.69) is 0 Å². The van der Waals surface area contributed by atoms with Gasteiger partial charge in [0.05, 0.1) is 26.4 Å². The molecule has 2 saturated heterocycles. The number of rotatable bonds is 15. The van der Waals surface area contributed by atoms with E-state index in [1.54, 1.807) is 0 Å². The molecule has 4 fully saturated rings. The molecule has 4 nitrogen and oxygen atoms in total. The monoisotopic (exact) mass is 722 g/mol. The molecule has 0 amide bonds. The number of epoxide rings is 2. The van der Waals surface area contributed by atoms with Crippen molar-refractivity contribution in [3.63, 3.8) is 0 Å². The minimum atomic E-state index is -7.72. The largest absolute Gasteiger partial charge is 0.384 e. The summed E-state index contributed by atoms with van der Waals surface area (Å²) in [6.07, 6.45) is -4.00. The first-order valence-corrected chi connectivity index (χ1v) is 16.5. The summed E-state index contributed by atoms with van der Waals surface area (Å²) in [6, 6.07) is 0. The molecule has 282 valence electrons. The Balaban J connectivity index is 1.83. The third-order valence-electron chi connectivity index (χ3n) is 10.9. The van der Waals surface area contributed by atoms with Gasteiger partial charge in [0.15, 0.2) is 0 Å². The first-order chi connectivity index (χ1) is 21.8. The molecule has 0 aromatic rings. The second-order valence-corrected chi connectivity index (χ2v) is 15.2. The van der Waals surface area contributed by atoms with E-state index in [9.17, 15) is 0 Å². The molecule has 4 aliphatic rings. The quantitative estimate of drug-likeness (QED) is 0.125. The van der Waals surface area contributed by atoms with Gasteiger partial charge in [-0.1, -0.05) is 54.4 Å². The Bertz CT molecular complexity index is 1040. The maximum Gasteiger partial charge on any atom is 0.384 e. The highest BCUT2D eigenvalue weighted by molar-refractivity contribution is 5.21. The molecule has 16 heteroatoms. The summed E-state index contributed by atoms with van der Waals surface area (Å²) in [5.41, 5.74) is -7.11. The van der Waals surface area contributed by atoms with Gasteiger partial charge in [-0.15, -0.1) is 0 Å². The first kappa shape index (κ1) is 39.8. The van der Waals surface area contributed by atoms with Crippen LogP contribution in [0.25, 0.3) is 0 Å². The van der Waals surface area contributed by atoms with Crippen LogP contribution in [0.5, 0.6) is 0 Å². The van der Waals surface area contributed by atoms with Crippen LogP contribution in [-0.2, 0) is 18.9 Å². The summed E-state index contributed by atoms with van der Waals surface area (Å²) in [7, 11) is 0. The van der Waals surface area contributed by atoms with Gasteiger partial charge in [-0.3, -0.25) is 0 Å². The minimum Gasteiger partial charge on any atom is -0.371 e. The van der Waals surface area contributed by atoms with Crippen LogP contribution in [0.4, 0.5) is 52.7 Å². The normalized spacial score (nSPS) is 35.8. The summed E-state index contributed by atoms with van der Waals surface area (Å²) in [5.74, 6) is -49.5. The zero-order valence-corrected chi connectivity index (χ0v) is 27.9. The van der Waals surface area contributed by atoms with Crippen LogP contribution in [0.2, 0.25) is 0 Å². The third kappa shape index (κ3) is 6.05. The smallest absolute Gasteiger partial charge is 0.371 e. The average molecular weight is 723 g/mol. The molecule has 2 saturated carbocycles. The van der Waals surface area contributed by atoms with E-state index in [1.165, 1.54) is 41.5 Å². The van der Waals surface area contributed by atoms with Crippen molar-refractivity contribution in [2.24, 2.45) is 35.5 Å². The van der Waals surface area contributed by atoms with Gasteiger partial charge in [-0.05, 0) is 61.2 Å². The highest BCUT2D eigenvalue weighted by Gasteiger charge is 2.94. The van der Waals surface area contributed by atoms with E-state index in [1.807, 2.05) is 0 Å². The van der Waals surface area contributed by atoms with E-state index < -0.39 is 121 Å². The van der Waals surface area contributed by atoms with Crippen LogP contribution in [-0.4, -0.2) is 85.4 Å². The lowest BCUT2D eigenvalue weighted by Crippen LogP contribution is -2.78. The minimum absolute atomic E-state index is 0.0395. The van der Waals surface area contributed by atoms with Crippen LogP contribution < -0.4 is 0 Å². The second kappa shape index (κ2) is 12.9. The number of alkyl halides is 12. The van der Waals surface area contributed by atoms with Crippen LogP contribution in [0.15, 0.2) is 0 Å². The predicted molar refractivity (Wildman–Crippen MR) is 149 cm³/mol. The number of hydrogen-bond acceptors (Lipinski definition) is 4. The molecule has 2 aliphatic heterocycles. The van der Waals surface area contributed by atoms with Gasteiger partial charge in [0.1, 0.15) is 23.4 Å². The molecule has 4 rings (SSSR count). The molecule has 2 heterocycles. The van der Waals surface area contributed by atoms with Crippen molar-refractivity contribution in [3.8, 4) is 0 Å². The summed E-state index contributed by atoms with van der Waals surface area (Å²) >= 11 is 0. The van der Waals surface area contributed by atoms with Gasteiger partial charge < -0.3 is 18.9 Å². The Kier molecular flexibility index (Phi) is 10.7. The van der Waals surface area contributed by atoms with Gasteiger partial charge in [-0.2, -0.15) is 52.7 Å². The Morgan fingerprint density at radius 3 is 1.08 bits per heavy atom. The molecular weight excluding hydrogens is 676 g/mol. The van der Waals surface area contributed by atoms with E-state index in [0.717, 1.165) is 0 Å². The Labute approximate surface area is 272 Å². The fraction of sp³-hybridized carbons (Fsp3) is 1.00. The standard InChI is InChI=1S/C32H46F12O4/c1-17(2)23-9-7-19(5)11-25(23,47-15-21-13-45-21)27(33,34)29(37,38)31(41,42)32(43,44)30(39,40)28(35,36)26(48-16-22-14-46-22)12-20(6)8-10-24(26)18(3)4/h17-24H,7-16H2,1-6H3. The SMILES string of the molecule is CC1CCC(C(C)C)C(OCC2CO2)(C(F)(F)C(F)(F)C(F)(F)C(F)(F)C(F)(F)C(F)(F)C2(OCC3CO3)CC(C)CCC2C(C)C)C1. The number of hydrogen-bond donors (Lipinski definition) is 0. The van der Waals surface area contributed by atoms with E-state index in [4.69, 9.17) is 18.9 Å². The Hall–Kier alpha value is -1.00. The molecule has 0 spiro atoms. The summed E-state index contributed by atoms with van der Waals surface area (Å²) < 4.78 is 212.